The van der Waals surface area contributed by atoms with E-state index in [9.17, 15) is 28.8 Å². The van der Waals surface area contributed by atoms with Gasteiger partial charge in [0, 0.05) is 52.4 Å². The number of hydrogen-bond acceptors (Lipinski definition) is 10. The van der Waals surface area contributed by atoms with Gasteiger partial charge < -0.3 is 24.5 Å². The Balaban J connectivity index is 1.18. The zero-order valence-electron chi connectivity index (χ0n) is 23.6. The van der Waals surface area contributed by atoms with E-state index in [0.717, 1.165) is 32.1 Å². The summed E-state index contributed by atoms with van der Waals surface area (Å²) in [6.45, 7) is 6.34. The predicted molar refractivity (Wildman–Crippen MR) is 142 cm³/mol. The highest BCUT2D eigenvalue weighted by molar-refractivity contribution is 6.01. The highest BCUT2D eigenvalue weighted by Crippen LogP contribution is 2.53. The highest BCUT2D eigenvalue weighted by atomic mass is 16.7. The van der Waals surface area contributed by atoms with E-state index in [4.69, 9.17) is 14.3 Å². The van der Waals surface area contributed by atoms with Crippen LogP contribution in [0, 0.1) is 17.8 Å². The number of allylic oxidation sites excluding steroid dienone is 1. The van der Waals surface area contributed by atoms with Gasteiger partial charge in [-0.3, -0.25) is 24.1 Å². The average Bonchev–Trinajstić information content (AvgIpc) is 3.48. The van der Waals surface area contributed by atoms with Crippen LogP contribution in [0.4, 0.5) is 4.79 Å². The number of alkyl carbamates (subject to hydrolysis) is 1. The van der Waals surface area contributed by atoms with Gasteiger partial charge in [0.25, 0.3) is 11.8 Å². The second-order valence-electron chi connectivity index (χ2n) is 11.3. The van der Waals surface area contributed by atoms with Crippen molar-refractivity contribution in [3.05, 3.63) is 12.2 Å². The molecule has 4 aliphatic rings. The fraction of sp³-hybridized carbons (Fsp3) is 0.714. The monoisotopic (exact) mass is 576 g/mol. The summed E-state index contributed by atoms with van der Waals surface area (Å²) in [6.07, 6.45) is 5.05. The minimum absolute atomic E-state index is 0.00714. The molecule has 2 heterocycles. The Labute approximate surface area is 239 Å². The Morgan fingerprint density at radius 2 is 1.68 bits per heavy atom. The molecular formula is C28H40N4O9. The number of esters is 1. The van der Waals surface area contributed by atoms with Gasteiger partial charge in [0.1, 0.15) is 6.61 Å². The number of piperazine rings is 1. The lowest BCUT2D eigenvalue weighted by atomic mass is 9.98. The smallest absolute Gasteiger partial charge is 0.407 e. The maximum atomic E-state index is 12.9. The van der Waals surface area contributed by atoms with Gasteiger partial charge in [-0.1, -0.05) is 12.2 Å². The molecule has 0 aromatic carbocycles. The van der Waals surface area contributed by atoms with Crippen molar-refractivity contribution < 1.29 is 43.1 Å². The first-order valence-corrected chi connectivity index (χ1v) is 14.4. The molecular weight excluding hydrogens is 536 g/mol. The Bertz CT molecular complexity index is 1050. The van der Waals surface area contributed by atoms with Crippen molar-refractivity contribution in [1.29, 1.82) is 0 Å². The van der Waals surface area contributed by atoms with Gasteiger partial charge in [0.2, 0.25) is 5.91 Å². The minimum Gasteiger partial charge on any atom is -0.464 e. The number of carbonyl (C=O) groups excluding carboxylic acids is 6. The molecule has 0 aromatic rings. The largest absolute Gasteiger partial charge is 0.464 e. The van der Waals surface area contributed by atoms with E-state index in [0.29, 0.717) is 36.0 Å². The van der Waals surface area contributed by atoms with Gasteiger partial charge in [-0.2, -0.15) is 0 Å². The van der Waals surface area contributed by atoms with E-state index in [1.54, 1.807) is 9.80 Å². The van der Waals surface area contributed by atoms with Crippen LogP contribution in [-0.2, 0) is 38.3 Å². The molecule has 2 aliphatic carbocycles. The molecule has 0 aromatic heterocycles. The molecule has 1 N–H and O–H groups in total. The van der Waals surface area contributed by atoms with Gasteiger partial charge in [0.15, 0.2) is 0 Å². The highest BCUT2D eigenvalue weighted by Gasteiger charge is 2.49. The summed E-state index contributed by atoms with van der Waals surface area (Å²) in [5.74, 6) is -1.01. The number of imide groups is 1. The molecule has 226 valence electrons. The van der Waals surface area contributed by atoms with Crippen LogP contribution in [0.15, 0.2) is 12.2 Å². The van der Waals surface area contributed by atoms with Crippen LogP contribution in [0.25, 0.3) is 0 Å². The molecule has 4 fully saturated rings. The molecule has 0 bridgehead atoms. The Morgan fingerprint density at radius 3 is 2.41 bits per heavy atom. The fourth-order valence-electron chi connectivity index (χ4n) is 6.02. The van der Waals surface area contributed by atoms with Crippen molar-refractivity contribution in [2.75, 3.05) is 45.9 Å². The molecule has 2 saturated carbocycles. The summed E-state index contributed by atoms with van der Waals surface area (Å²) >= 11 is 0. The van der Waals surface area contributed by atoms with Crippen molar-refractivity contribution in [1.82, 2.24) is 20.2 Å². The third kappa shape index (κ3) is 8.51. The number of amides is 4. The van der Waals surface area contributed by atoms with Crippen LogP contribution >= 0.6 is 0 Å². The Kier molecular flexibility index (Phi) is 10.4. The summed E-state index contributed by atoms with van der Waals surface area (Å²) in [5, 5.41) is 3.14. The number of nitrogens with one attached hydrogen (secondary N) is 1. The lowest BCUT2D eigenvalue weighted by Gasteiger charge is -2.40. The van der Waals surface area contributed by atoms with E-state index in [2.05, 4.69) is 11.9 Å². The summed E-state index contributed by atoms with van der Waals surface area (Å²) in [7, 11) is 0. The first kappa shape index (κ1) is 30.5. The van der Waals surface area contributed by atoms with Crippen LogP contribution < -0.4 is 5.32 Å². The maximum absolute atomic E-state index is 12.9. The second-order valence-corrected chi connectivity index (χ2v) is 11.3. The lowest BCUT2D eigenvalue weighted by Crippen LogP contribution is -2.58. The molecule has 0 radical (unpaired) electrons. The van der Waals surface area contributed by atoms with Crippen LogP contribution in [0.5, 0.6) is 0 Å². The molecule has 13 nitrogen and oxygen atoms in total. The Hall–Kier alpha value is -3.48. The van der Waals surface area contributed by atoms with Crippen LogP contribution in [0.1, 0.15) is 58.3 Å². The molecule has 41 heavy (non-hydrogen) atoms. The molecule has 4 amide bonds. The van der Waals surface area contributed by atoms with Crippen LogP contribution in [-0.4, -0.2) is 103 Å². The number of hydrogen-bond donors (Lipinski definition) is 1. The third-order valence-corrected chi connectivity index (χ3v) is 8.39. The van der Waals surface area contributed by atoms with Crippen molar-refractivity contribution in [3.8, 4) is 0 Å². The summed E-state index contributed by atoms with van der Waals surface area (Å²) in [6, 6.07) is -0.500. The zero-order chi connectivity index (χ0) is 29.5. The standard InChI is InChI=1S/C28H40N4O9/c1-18-4-3-5-21-22(7-6-18)23(21)17-40-28(38)29-11-10-24(34)31-13-12-30(20(14-31)16-39-19(2)33)15-27(37)41-32-25(35)8-9-26(32)36/h20-23H,1,3-17H2,2H3,(H,29,38)/t20?,21-,22+,23-/m0/s1. The first-order chi connectivity index (χ1) is 19.6. The third-order valence-electron chi connectivity index (χ3n) is 8.39. The zero-order valence-corrected chi connectivity index (χ0v) is 23.6. The lowest BCUT2D eigenvalue weighted by molar-refractivity contribution is -0.199. The van der Waals surface area contributed by atoms with Crippen molar-refractivity contribution in [2.45, 2.75) is 64.3 Å². The summed E-state index contributed by atoms with van der Waals surface area (Å²) < 4.78 is 10.6. The molecule has 4 atom stereocenters. The molecule has 13 heteroatoms. The summed E-state index contributed by atoms with van der Waals surface area (Å²) in [4.78, 5) is 80.6. The van der Waals surface area contributed by atoms with Gasteiger partial charge in [-0.15, -0.1) is 5.06 Å². The predicted octanol–water partition coefficient (Wildman–Crippen LogP) is 1.17. The second kappa shape index (κ2) is 13.9. The van der Waals surface area contributed by atoms with E-state index < -0.39 is 35.9 Å². The fourth-order valence-corrected chi connectivity index (χ4v) is 6.02. The topological polar surface area (TPSA) is 152 Å². The number of hydroxylamine groups is 2. The SMILES string of the molecule is C=C1CCC[C@H]2[C@@H](CC1)[C@H]2COC(=O)NCCC(=O)N1CCN(CC(=O)ON2C(=O)CCC2=O)C(COC(C)=O)C1. The van der Waals surface area contributed by atoms with Gasteiger partial charge >= 0.3 is 18.0 Å². The van der Waals surface area contributed by atoms with Gasteiger partial charge in [-0.25, -0.2) is 9.59 Å². The van der Waals surface area contributed by atoms with Gasteiger partial charge in [0.05, 0.1) is 19.2 Å². The van der Waals surface area contributed by atoms with Gasteiger partial charge in [-0.05, 0) is 49.9 Å². The number of nitrogens with zero attached hydrogens (tertiary/aromatic N) is 3. The van der Waals surface area contributed by atoms with Crippen LogP contribution in [0.3, 0.4) is 0 Å². The molecule has 2 saturated heterocycles. The van der Waals surface area contributed by atoms with Crippen molar-refractivity contribution in [2.24, 2.45) is 17.8 Å². The van der Waals surface area contributed by atoms with E-state index in [-0.39, 0.29) is 58.0 Å². The summed E-state index contributed by atoms with van der Waals surface area (Å²) in [5.41, 5.74) is 1.31. The number of rotatable bonds is 10. The quantitative estimate of drug-likeness (QED) is 0.228. The van der Waals surface area contributed by atoms with E-state index >= 15 is 0 Å². The Morgan fingerprint density at radius 1 is 0.951 bits per heavy atom. The van der Waals surface area contributed by atoms with E-state index in [1.165, 1.54) is 12.5 Å². The average molecular weight is 577 g/mol. The van der Waals surface area contributed by atoms with Crippen molar-refractivity contribution in [3.63, 3.8) is 0 Å². The number of ether oxygens (including phenoxy) is 2. The molecule has 2 aliphatic heterocycles. The first-order valence-electron chi connectivity index (χ1n) is 14.4. The van der Waals surface area contributed by atoms with Crippen LogP contribution in [0.2, 0.25) is 0 Å². The minimum atomic E-state index is -0.800. The molecule has 0 spiro atoms. The molecule has 4 rings (SSSR count). The normalized spacial score (nSPS) is 26.5. The number of fused-ring (bicyclic) bond motifs is 1. The number of carbonyl (C=O) groups is 6. The molecule has 1 unspecified atom stereocenters. The van der Waals surface area contributed by atoms with E-state index in [1.807, 2.05) is 0 Å². The van der Waals surface area contributed by atoms with Crippen molar-refractivity contribution >= 4 is 35.8 Å². The maximum Gasteiger partial charge on any atom is 0.407 e.